The van der Waals surface area contributed by atoms with Gasteiger partial charge in [-0.2, -0.15) is 4.98 Å². The number of nitrogens with zero attached hydrogens (tertiary/aromatic N) is 2. The van der Waals surface area contributed by atoms with Crippen molar-refractivity contribution in [1.82, 2.24) is 9.88 Å². The molecular weight excluding hydrogens is 270 g/mol. The van der Waals surface area contributed by atoms with Gasteiger partial charge in [-0.05, 0) is 45.0 Å². The van der Waals surface area contributed by atoms with E-state index in [1.807, 2.05) is 0 Å². The molecule has 2 atom stereocenters. The number of piperidine rings is 1. The Morgan fingerprint density at radius 2 is 2.33 bits per heavy atom. The molecule has 2 unspecified atom stereocenters. The summed E-state index contributed by atoms with van der Waals surface area (Å²) in [6.45, 7) is 3.25. The number of fused-ring (bicyclic) bond motifs is 1. The van der Waals surface area contributed by atoms with Crippen molar-refractivity contribution in [3.63, 3.8) is 0 Å². The first kappa shape index (κ1) is 13.9. The summed E-state index contributed by atoms with van der Waals surface area (Å²) in [5, 5.41) is 12.3. The van der Waals surface area contributed by atoms with Crippen LogP contribution in [-0.4, -0.2) is 46.6 Å². The quantitative estimate of drug-likeness (QED) is 0.903. The fraction of sp³-hybridized carbons (Fsp3) is 0.467. The van der Waals surface area contributed by atoms with Crippen molar-refractivity contribution >= 4 is 23.1 Å². The summed E-state index contributed by atoms with van der Waals surface area (Å²) in [4.78, 5) is 17.7. The molecule has 2 heterocycles. The molecule has 3 rings (SSSR count). The van der Waals surface area contributed by atoms with Crippen LogP contribution >= 0.6 is 0 Å². The van der Waals surface area contributed by atoms with E-state index in [1.165, 1.54) is 12.1 Å². The third-order valence-electron chi connectivity index (χ3n) is 4.17. The lowest BCUT2D eigenvalue weighted by Gasteiger charge is -2.34. The van der Waals surface area contributed by atoms with Gasteiger partial charge < -0.3 is 19.7 Å². The van der Waals surface area contributed by atoms with Crippen molar-refractivity contribution in [1.29, 1.82) is 0 Å². The summed E-state index contributed by atoms with van der Waals surface area (Å²) in [5.74, 6) is -0.966. The summed E-state index contributed by atoms with van der Waals surface area (Å²) >= 11 is 0. The van der Waals surface area contributed by atoms with E-state index in [2.05, 4.69) is 29.2 Å². The van der Waals surface area contributed by atoms with Gasteiger partial charge in [0.15, 0.2) is 5.58 Å². The van der Waals surface area contributed by atoms with Crippen molar-refractivity contribution in [2.24, 2.45) is 0 Å². The number of aromatic carboxylic acids is 1. The summed E-state index contributed by atoms with van der Waals surface area (Å²) in [7, 11) is 2.13. The molecule has 1 fully saturated rings. The zero-order valence-electron chi connectivity index (χ0n) is 12.2. The predicted octanol–water partition coefficient (Wildman–Crippen LogP) is 2.42. The van der Waals surface area contributed by atoms with Crippen molar-refractivity contribution < 1.29 is 14.3 Å². The lowest BCUT2D eigenvalue weighted by Crippen LogP contribution is -2.42. The molecule has 0 aliphatic carbocycles. The number of benzene rings is 1. The van der Waals surface area contributed by atoms with Gasteiger partial charge in [0.05, 0.1) is 5.56 Å². The van der Waals surface area contributed by atoms with Crippen LogP contribution in [0.4, 0.5) is 6.01 Å². The van der Waals surface area contributed by atoms with Crippen LogP contribution in [0.1, 0.15) is 30.1 Å². The molecule has 1 aromatic carbocycles. The predicted molar refractivity (Wildman–Crippen MR) is 79.7 cm³/mol. The Labute approximate surface area is 122 Å². The molecule has 0 saturated carbocycles. The Bertz CT molecular complexity index is 667. The third kappa shape index (κ3) is 2.85. The summed E-state index contributed by atoms with van der Waals surface area (Å²) < 4.78 is 5.62. The molecular formula is C15H19N3O3. The van der Waals surface area contributed by atoms with Crippen LogP contribution in [0.5, 0.6) is 0 Å². The molecule has 1 aliphatic rings. The maximum atomic E-state index is 11.0. The second-order valence-corrected chi connectivity index (χ2v) is 5.70. The van der Waals surface area contributed by atoms with E-state index < -0.39 is 5.97 Å². The van der Waals surface area contributed by atoms with Crippen LogP contribution < -0.4 is 5.32 Å². The van der Waals surface area contributed by atoms with Crippen LogP contribution in [0.3, 0.4) is 0 Å². The topological polar surface area (TPSA) is 78.6 Å². The van der Waals surface area contributed by atoms with Crippen LogP contribution in [-0.2, 0) is 0 Å². The first-order valence-electron chi connectivity index (χ1n) is 7.13. The SMILES string of the molecule is CC1CC(Nc2nc3ccc(C(=O)O)cc3o2)CCN1C. The molecule has 21 heavy (non-hydrogen) atoms. The number of rotatable bonds is 3. The van der Waals surface area contributed by atoms with Gasteiger partial charge >= 0.3 is 5.97 Å². The maximum Gasteiger partial charge on any atom is 0.335 e. The Hall–Kier alpha value is -2.08. The molecule has 1 aliphatic heterocycles. The summed E-state index contributed by atoms with van der Waals surface area (Å²) in [5.41, 5.74) is 1.37. The van der Waals surface area contributed by atoms with E-state index in [9.17, 15) is 4.79 Å². The molecule has 0 amide bonds. The van der Waals surface area contributed by atoms with Crippen LogP contribution in [0, 0.1) is 0 Å². The Morgan fingerprint density at radius 3 is 3.05 bits per heavy atom. The number of hydrogen-bond acceptors (Lipinski definition) is 5. The normalized spacial score (nSPS) is 23.3. The molecule has 2 aromatic rings. The minimum Gasteiger partial charge on any atom is -0.478 e. The summed E-state index contributed by atoms with van der Waals surface area (Å²) in [6, 6.07) is 6.05. The lowest BCUT2D eigenvalue weighted by atomic mass is 9.99. The zero-order chi connectivity index (χ0) is 15.0. The lowest BCUT2D eigenvalue weighted by molar-refractivity contribution is 0.0697. The molecule has 1 saturated heterocycles. The van der Waals surface area contributed by atoms with Crippen molar-refractivity contribution in [3.8, 4) is 0 Å². The van der Waals surface area contributed by atoms with Gasteiger partial charge in [0.2, 0.25) is 0 Å². The van der Waals surface area contributed by atoms with E-state index >= 15 is 0 Å². The molecule has 0 bridgehead atoms. The molecule has 0 radical (unpaired) electrons. The van der Waals surface area contributed by atoms with E-state index in [4.69, 9.17) is 9.52 Å². The molecule has 6 nitrogen and oxygen atoms in total. The largest absolute Gasteiger partial charge is 0.478 e. The Kier molecular flexibility index (Phi) is 3.55. The first-order chi connectivity index (χ1) is 10.0. The maximum absolute atomic E-state index is 11.0. The van der Waals surface area contributed by atoms with Crippen molar-refractivity contribution in [3.05, 3.63) is 23.8 Å². The molecule has 6 heteroatoms. The molecule has 112 valence electrons. The smallest absolute Gasteiger partial charge is 0.335 e. The number of carboxylic acids is 1. The highest BCUT2D eigenvalue weighted by Crippen LogP contribution is 2.24. The van der Waals surface area contributed by atoms with Crippen molar-refractivity contribution in [2.75, 3.05) is 18.9 Å². The average Bonchev–Trinajstić information content (AvgIpc) is 2.84. The van der Waals surface area contributed by atoms with Gasteiger partial charge in [-0.1, -0.05) is 0 Å². The van der Waals surface area contributed by atoms with Gasteiger partial charge in [0.25, 0.3) is 6.01 Å². The second-order valence-electron chi connectivity index (χ2n) is 5.70. The number of carboxylic acid groups (broad SMARTS) is 1. The highest BCUT2D eigenvalue weighted by molar-refractivity contribution is 5.92. The van der Waals surface area contributed by atoms with Crippen LogP contribution in [0.25, 0.3) is 11.1 Å². The van der Waals surface area contributed by atoms with E-state index in [0.717, 1.165) is 19.4 Å². The number of hydrogen-bond donors (Lipinski definition) is 2. The standard InChI is InChI=1S/C15H19N3O3/c1-9-7-11(5-6-18(9)2)16-15-17-12-4-3-10(14(19)20)8-13(12)21-15/h3-4,8-9,11H,5-7H2,1-2H3,(H,16,17)(H,19,20). The number of carbonyl (C=O) groups is 1. The highest BCUT2D eigenvalue weighted by Gasteiger charge is 2.23. The van der Waals surface area contributed by atoms with Gasteiger partial charge in [0.1, 0.15) is 5.52 Å². The third-order valence-corrected chi connectivity index (χ3v) is 4.17. The second kappa shape index (κ2) is 5.37. The molecule has 1 aromatic heterocycles. The fourth-order valence-electron chi connectivity index (χ4n) is 2.71. The zero-order valence-corrected chi connectivity index (χ0v) is 12.2. The van der Waals surface area contributed by atoms with Crippen LogP contribution in [0.2, 0.25) is 0 Å². The van der Waals surface area contributed by atoms with Crippen LogP contribution in [0.15, 0.2) is 22.6 Å². The number of aromatic nitrogens is 1. The Morgan fingerprint density at radius 1 is 1.52 bits per heavy atom. The summed E-state index contributed by atoms with van der Waals surface area (Å²) in [6.07, 6.45) is 2.08. The Balaban J connectivity index is 1.77. The number of likely N-dealkylation sites (tertiary alicyclic amines) is 1. The number of anilines is 1. The van der Waals surface area contributed by atoms with Gasteiger partial charge in [-0.3, -0.25) is 0 Å². The van der Waals surface area contributed by atoms with Gasteiger partial charge in [0, 0.05) is 18.6 Å². The van der Waals surface area contributed by atoms with E-state index in [0.29, 0.717) is 29.2 Å². The minimum absolute atomic E-state index is 0.207. The van der Waals surface area contributed by atoms with Crippen molar-refractivity contribution in [2.45, 2.75) is 31.8 Å². The van der Waals surface area contributed by atoms with E-state index in [1.54, 1.807) is 6.07 Å². The first-order valence-corrected chi connectivity index (χ1v) is 7.13. The molecule has 0 spiro atoms. The van der Waals surface area contributed by atoms with Gasteiger partial charge in [-0.15, -0.1) is 0 Å². The number of nitrogens with one attached hydrogen (secondary N) is 1. The average molecular weight is 289 g/mol. The monoisotopic (exact) mass is 289 g/mol. The molecule has 2 N–H and O–H groups in total. The fourth-order valence-corrected chi connectivity index (χ4v) is 2.71. The van der Waals surface area contributed by atoms with E-state index in [-0.39, 0.29) is 5.56 Å². The number of oxazole rings is 1. The minimum atomic E-state index is -0.966. The highest BCUT2D eigenvalue weighted by atomic mass is 16.4. The van der Waals surface area contributed by atoms with Gasteiger partial charge in [-0.25, -0.2) is 4.79 Å².